The summed E-state index contributed by atoms with van der Waals surface area (Å²) in [5.74, 6) is -0.115. The summed E-state index contributed by atoms with van der Waals surface area (Å²) in [6, 6.07) is 13.1. The van der Waals surface area contributed by atoms with Crippen LogP contribution in [0.1, 0.15) is 54.6 Å². The number of nitrogens with zero attached hydrogens (tertiary/aromatic N) is 2. The summed E-state index contributed by atoms with van der Waals surface area (Å²) in [6.45, 7) is 0. The van der Waals surface area contributed by atoms with Gasteiger partial charge in [0.2, 0.25) is 0 Å². The van der Waals surface area contributed by atoms with Gasteiger partial charge in [-0.25, -0.2) is 0 Å². The zero-order valence-corrected chi connectivity index (χ0v) is 14.2. The molecule has 5 heteroatoms. The van der Waals surface area contributed by atoms with Crippen LogP contribution in [0, 0.1) is 11.3 Å². The number of carbonyl (C=O) groups excluding carboxylic acids is 1. The molecule has 1 heterocycles. The number of aromatic nitrogens is 1. The van der Waals surface area contributed by atoms with Gasteiger partial charge in [-0.1, -0.05) is 25.7 Å². The second kappa shape index (κ2) is 8.29. The van der Waals surface area contributed by atoms with E-state index >= 15 is 0 Å². The van der Waals surface area contributed by atoms with Crippen LogP contribution in [0.25, 0.3) is 0 Å². The molecular weight excluding hydrogens is 312 g/mol. The molecule has 0 saturated heterocycles. The van der Waals surface area contributed by atoms with E-state index in [1.54, 1.807) is 24.4 Å². The van der Waals surface area contributed by atoms with E-state index in [9.17, 15) is 4.79 Å². The van der Waals surface area contributed by atoms with Crippen LogP contribution in [0.4, 0.5) is 11.4 Å². The predicted octanol–water partition coefficient (Wildman–Crippen LogP) is 4.15. The smallest absolute Gasteiger partial charge is 0.270 e. The third-order valence-corrected chi connectivity index (χ3v) is 4.49. The molecule has 0 atom stereocenters. The number of anilines is 2. The van der Waals surface area contributed by atoms with E-state index in [2.05, 4.69) is 21.7 Å². The summed E-state index contributed by atoms with van der Waals surface area (Å²) in [5, 5.41) is 15.2. The van der Waals surface area contributed by atoms with Crippen molar-refractivity contribution in [3.63, 3.8) is 0 Å². The summed E-state index contributed by atoms with van der Waals surface area (Å²) in [4.78, 5) is 16.7. The van der Waals surface area contributed by atoms with Gasteiger partial charge in [0.25, 0.3) is 5.91 Å². The molecule has 1 amide bonds. The van der Waals surface area contributed by atoms with Crippen LogP contribution in [0.3, 0.4) is 0 Å². The van der Waals surface area contributed by atoms with Crippen molar-refractivity contribution in [2.45, 2.75) is 44.6 Å². The lowest BCUT2D eigenvalue weighted by Gasteiger charge is -2.16. The Morgan fingerprint density at radius 3 is 2.44 bits per heavy atom. The Balaban J connectivity index is 1.65. The zero-order valence-electron chi connectivity index (χ0n) is 14.2. The maximum atomic E-state index is 12.5. The molecule has 1 aliphatic rings. The molecule has 5 nitrogen and oxygen atoms in total. The summed E-state index contributed by atoms with van der Waals surface area (Å²) in [7, 11) is 0. The van der Waals surface area contributed by atoms with Gasteiger partial charge >= 0.3 is 0 Å². The van der Waals surface area contributed by atoms with Gasteiger partial charge in [-0.05, 0) is 49.2 Å². The van der Waals surface area contributed by atoms with E-state index in [1.807, 2.05) is 18.2 Å². The predicted molar refractivity (Wildman–Crippen MR) is 97.6 cm³/mol. The summed E-state index contributed by atoms with van der Waals surface area (Å²) >= 11 is 0. The van der Waals surface area contributed by atoms with Crippen molar-refractivity contribution in [3.05, 3.63) is 53.9 Å². The first-order valence-corrected chi connectivity index (χ1v) is 8.79. The topological polar surface area (TPSA) is 77.8 Å². The van der Waals surface area contributed by atoms with Gasteiger partial charge in [-0.15, -0.1) is 0 Å². The number of hydrogen-bond donors (Lipinski definition) is 2. The van der Waals surface area contributed by atoms with Crippen molar-refractivity contribution >= 4 is 17.3 Å². The summed E-state index contributed by atoms with van der Waals surface area (Å²) < 4.78 is 0. The Morgan fingerprint density at radius 2 is 1.76 bits per heavy atom. The van der Waals surface area contributed by atoms with Crippen molar-refractivity contribution in [2.75, 3.05) is 5.32 Å². The monoisotopic (exact) mass is 334 g/mol. The number of nitrogens with one attached hydrogen (secondary N) is 2. The molecule has 1 aliphatic carbocycles. The SMILES string of the molecule is N#Cc1ccc(Nc2ccnc(C(=O)NC3CCCCCC3)c2)cc1. The first-order valence-electron chi connectivity index (χ1n) is 8.79. The van der Waals surface area contributed by atoms with Crippen molar-refractivity contribution in [1.82, 2.24) is 10.3 Å². The van der Waals surface area contributed by atoms with Gasteiger partial charge in [0.15, 0.2) is 0 Å². The lowest BCUT2D eigenvalue weighted by atomic mass is 10.1. The van der Waals surface area contributed by atoms with Gasteiger partial charge in [-0.2, -0.15) is 5.26 Å². The van der Waals surface area contributed by atoms with Gasteiger partial charge in [0, 0.05) is 23.6 Å². The number of hydrogen-bond acceptors (Lipinski definition) is 4. The highest BCUT2D eigenvalue weighted by molar-refractivity contribution is 5.93. The van der Waals surface area contributed by atoms with Crippen LogP contribution >= 0.6 is 0 Å². The fourth-order valence-corrected chi connectivity index (χ4v) is 3.11. The second-order valence-corrected chi connectivity index (χ2v) is 6.41. The lowest BCUT2D eigenvalue weighted by molar-refractivity contribution is 0.0928. The molecule has 1 aromatic carbocycles. The highest BCUT2D eigenvalue weighted by Crippen LogP contribution is 2.19. The van der Waals surface area contributed by atoms with Gasteiger partial charge in [0.05, 0.1) is 11.6 Å². The molecule has 3 rings (SSSR count). The van der Waals surface area contributed by atoms with Crippen LogP contribution < -0.4 is 10.6 Å². The first-order chi connectivity index (χ1) is 12.2. The van der Waals surface area contributed by atoms with E-state index in [0.717, 1.165) is 24.2 Å². The van der Waals surface area contributed by atoms with Crippen molar-refractivity contribution in [1.29, 1.82) is 5.26 Å². The molecule has 0 spiro atoms. The number of amides is 1. The number of carbonyl (C=O) groups is 1. The Kier molecular flexibility index (Phi) is 5.63. The number of pyridine rings is 1. The molecule has 1 aromatic heterocycles. The first kappa shape index (κ1) is 17.0. The Hall–Kier alpha value is -2.87. The van der Waals surface area contributed by atoms with E-state index in [0.29, 0.717) is 11.3 Å². The Bertz CT molecular complexity index is 756. The number of rotatable bonds is 4. The average molecular weight is 334 g/mol. The van der Waals surface area contributed by atoms with E-state index in [-0.39, 0.29) is 11.9 Å². The standard InChI is InChI=1S/C20H22N4O/c21-14-15-7-9-17(10-8-15)23-18-11-12-22-19(13-18)20(25)24-16-5-3-1-2-4-6-16/h7-13,16H,1-6H2,(H,22,23)(H,24,25). The molecule has 25 heavy (non-hydrogen) atoms. The van der Waals surface area contributed by atoms with Gasteiger partial charge in [0.1, 0.15) is 5.69 Å². The van der Waals surface area contributed by atoms with E-state index in [4.69, 9.17) is 5.26 Å². The average Bonchev–Trinajstić information content (AvgIpc) is 2.91. The molecule has 0 aliphatic heterocycles. The highest BCUT2D eigenvalue weighted by Gasteiger charge is 2.16. The van der Waals surface area contributed by atoms with Gasteiger partial charge < -0.3 is 10.6 Å². The van der Waals surface area contributed by atoms with E-state index < -0.39 is 0 Å². The molecule has 0 bridgehead atoms. The molecule has 0 radical (unpaired) electrons. The molecular formula is C20H22N4O. The molecule has 1 fully saturated rings. The highest BCUT2D eigenvalue weighted by atomic mass is 16.1. The van der Waals surface area contributed by atoms with Crippen molar-refractivity contribution in [2.24, 2.45) is 0 Å². The van der Waals surface area contributed by atoms with Crippen molar-refractivity contribution in [3.8, 4) is 6.07 Å². The molecule has 128 valence electrons. The van der Waals surface area contributed by atoms with Crippen molar-refractivity contribution < 1.29 is 4.79 Å². The Morgan fingerprint density at radius 1 is 1.04 bits per heavy atom. The minimum absolute atomic E-state index is 0.115. The van der Waals surface area contributed by atoms with Crippen LogP contribution in [-0.4, -0.2) is 16.9 Å². The van der Waals surface area contributed by atoms with Crippen LogP contribution in [0.5, 0.6) is 0 Å². The van der Waals surface area contributed by atoms with Crippen LogP contribution in [-0.2, 0) is 0 Å². The van der Waals surface area contributed by atoms with Crippen LogP contribution in [0.15, 0.2) is 42.6 Å². The normalized spacial score (nSPS) is 15.0. The minimum atomic E-state index is -0.115. The molecule has 1 saturated carbocycles. The van der Waals surface area contributed by atoms with Gasteiger partial charge in [-0.3, -0.25) is 9.78 Å². The zero-order chi connectivity index (χ0) is 17.5. The second-order valence-electron chi connectivity index (χ2n) is 6.41. The third-order valence-electron chi connectivity index (χ3n) is 4.49. The number of benzene rings is 1. The summed E-state index contributed by atoms with van der Waals surface area (Å²) in [6.07, 6.45) is 8.61. The van der Waals surface area contributed by atoms with E-state index in [1.165, 1.54) is 25.7 Å². The molecule has 2 N–H and O–H groups in total. The molecule has 0 unspecified atom stereocenters. The van der Waals surface area contributed by atoms with Crippen LogP contribution in [0.2, 0.25) is 0 Å². The number of nitriles is 1. The third kappa shape index (κ3) is 4.80. The minimum Gasteiger partial charge on any atom is -0.355 e. The molecule has 2 aromatic rings. The summed E-state index contributed by atoms with van der Waals surface area (Å²) in [5.41, 5.74) is 2.69. The largest absolute Gasteiger partial charge is 0.355 e. The quantitative estimate of drug-likeness (QED) is 0.823. The fraction of sp³-hybridized carbons (Fsp3) is 0.350. The fourth-order valence-electron chi connectivity index (χ4n) is 3.11. The maximum absolute atomic E-state index is 12.5. The Labute approximate surface area is 148 Å². The maximum Gasteiger partial charge on any atom is 0.270 e. The lowest BCUT2D eigenvalue weighted by Crippen LogP contribution is -2.34.